The van der Waals surface area contributed by atoms with Gasteiger partial charge < -0.3 is 4.90 Å². The molecule has 0 saturated carbocycles. The third kappa shape index (κ3) is 4.05. The summed E-state index contributed by atoms with van der Waals surface area (Å²) in [4.78, 5) is 7.22. The number of nitrogens with zero attached hydrogens (tertiary/aromatic N) is 3. The highest BCUT2D eigenvalue weighted by atomic mass is 35.5. The number of hydrogen-bond acceptors (Lipinski definition) is 5. The first-order valence-corrected chi connectivity index (χ1v) is 12.1. The van der Waals surface area contributed by atoms with Gasteiger partial charge in [0, 0.05) is 42.1 Å². The zero-order valence-corrected chi connectivity index (χ0v) is 18.7. The first-order valence-electron chi connectivity index (χ1n) is 9.39. The van der Waals surface area contributed by atoms with E-state index in [1.54, 1.807) is 29.5 Å². The van der Waals surface area contributed by atoms with E-state index in [0.29, 0.717) is 31.2 Å². The number of hydrogen-bond donors (Lipinski definition) is 0. The Labute approximate surface area is 180 Å². The molecule has 0 spiro atoms. The zero-order valence-electron chi connectivity index (χ0n) is 16.3. The normalized spacial score (nSPS) is 15.6. The molecule has 1 aromatic heterocycles. The van der Waals surface area contributed by atoms with Gasteiger partial charge in [-0.3, -0.25) is 0 Å². The fourth-order valence-corrected chi connectivity index (χ4v) is 6.06. The molecule has 8 heteroatoms. The first-order chi connectivity index (χ1) is 13.9. The van der Waals surface area contributed by atoms with Crippen molar-refractivity contribution in [3.8, 4) is 11.3 Å². The predicted octanol–water partition coefficient (Wildman–Crippen LogP) is 4.59. The summed E-state index contributed by atoms with van der Waals surface area (Å²) in [6, 6.07) is 12.7. The van der Waals surface area contributed by atoms with Gasteiger partial charge in [0.1, 0.15) is 0 Å². The number of aryl methyl sites for hydroxylation is 1. The quantitative estimate of drug-likeness (QED) is 0.586. The number of anilines is 1. The van der Waals surface area contributed by atoms with E-state index in [1.165, 1.54) is 21.5 Å². The minimum atomic E-state index is -3.53. The van der Waals surface area contributed by atoms with Crippen LogP contribution in [0.5, 0.6) is 0 Å². The zero-order chi connectivity index (χ0) is 20.6. The maximum absolute atomic E-state index is 12.9. The summed E-state index contributed by atoms with van der Waals surface area (Å²) in [5.41, 5.74) is 4.61. The number of piperazine rings is 1. The molecule has 0 amide bonds. The van der Waals surface area contributed by atoms with E-state index < -0.39 is 10.0 Å². The van der Waals surface area contributed by atoms with Crippen LogP contribution in [0.1, 0.15) is 11.1 Å². The molecule has 2 heterocycles. The second kappa shape index (κ2) is 8.07. The molecular weight excluding hydrogens is 426 g/mol. The Morgan fingerprint density at radius 3 is 2.48 bits per heavy atom. The number of rotatable bonds is 4. The number of aromatic nitrogens is 1. The molecule has 1 saturated heterocycles. The summed E-state index contributed by atoms with van der Waals surface area (Å²) in [5, 5.41) is 3.43. The summed E-state index contributed by atoms with van der Waals surface area (Å²) in [5.74, 6) is 0. The molecule has 1 aliphatic rings. The second-order valence-electron chi connectivity index (χ2n) is 7.11. The minimum Gasteiger partial charge on any atom is -0.345 e. The largest absolute Gasteiger partial charge is 0.345 e. The highest BCUT2D eigenvalue weighted by molar-refractivity contribution is 7.89. The Hall–Kier alpha value is -1.93. The van der Waals surface area contributed by atoms with Gasteiger partial charge in [-0.25, -0.2) is 13.4 Å². The maximum Gasteiger partial charge on any atom is 0.243 e. The highest BCUT2D eigenvalue weighted by Crippen LogP contribution is 2.31. The van der Waals surface area contributed by atoms with Crippen molar-refractivity contribution in [1.82, 2.24) is 9.29 Å². The van der Waals surface area contributed by atoms with E-state index in [9.17, 15) is 8.42 Å². The lowest BCUT2D eigenvalue weighted by molar-refractivity contribution is 0.385. The molecule has 0 bridgehead atoms. The van der Waals surface area contributed by atoms with E-state index >= 15 is 0 Å². The molecule has 0 aliphatic carbocycles. The van der Waals surface area contributed by atoms with Crippen molar-refractivity contribution in [2.24, 2.45) is 0 Å². The fourth-order valence-electron chi connectivity index (χ4n) is 3.46. The van der Waals surface area contributed by atoms with E-state index in [-0.39, 0.29) is 4.90 Å². The molecule has 0 N–H and O–H groups in total. The van der Waals surface area contributed by atoms with E-state index in [1.807, 2.05) is 0 Å². The van der Waals surface area contributed by atoms with Gasteiger partial charge in [-0.2, -0.15) is 4.31 Å². The summed E-state index contributed by atoms with van der Waals surface area (Å²) in [7, 11) is -3.53. The van der Waals surface area contributed by atoms with Crippen LogP contribution in [0.3, 0.4) is 0 Å². The Morgan fingerprint density at radius 1 is 1.03 bits per heavy atom. The summed E-state index contributed by atoms with van der Waals surface area (Å²) in [6.45, 7) is 6.29. The Kier molecular flexibility index (Phi) is 5.66. The summed E-state index contributed by atoms with van der Waals surface area (Å²) < 4.78 is 27.3. The van der Waals surface area contributed by atoms with Crippen molar-refractivity contribution >= 4 is 38.1 Å². The maximum atomic E-state index is 12.9. The molecule has 0 atom stereocenters. The smallest absolute Gasteiger partial charge is 0.243 e. The van der Waals surface area contributed by atoms with Crippen molar-refractivity contribution in [3.63, 3.8) is 0 Å². The van der Waals surface area contributed by atoms with Crippen molar-refractivity contribution < 1.29 is 8.42 Å². The van der Waals surface area contributed by atoms with Crippen molar-refractivity contribution in [2.75, 3.05) is 31.1 Å². The fraction of sp³-hybridized carbons (Fsp3) is 0.286. The number of sulfonamides is 1. The van der Waals surface area contributed by atoms with Crippen LogP contribution in [0.15, 0.2) is 52.7 Å². The van der Waals surface area contributed by atoms with Crippen molar-refractivity contribution in [3.05, 3.63) is 64.0 Å². The molecule has 3 aromatic rings. The lowest BCUT2D eigenvalue weighted by atomic mass is 10.0. The molecule has 2 aromatic carbocycles. The highest BCUT2D eigenvalue weighted by Gasteiger charge is 2.29. The topological polar surface area (TPSA) is 53.5 Å². The third-order valence-corrected chi connectivity index (χ3v) is 8.35. The summed E-state index contributed by atoms with van der Waals surface area (Å²) >= 11 is 7.57. The van der Waals surface area contributed by atoms with Crippen LogP contribution >= 0.6 is 22.9 Å². The molecule has 1 aliphatic heterocycles. The third-order valence-electron chi connectivity index (χ3n) is 5.32. The lowest BCUT2D eigenvalue weighted by Gasteiger charge is -2.33. The minimum absolute atomic E-state index is 0.241. The van der Waals surface area contributed by atoms with Crippen LogP contribution in [-0.2, 0) is 10.0 Å². The van der Waals surface area contributed by atoms with Crippen LogP contribution in [0, 0.1) is 13.8 Å². The van der Waals surface area contributed by atoms with Crippen LogP contribution in [-0.4, -0.2) is 43.9 Å². The van der Waals surface area contributed by atoms with Crippen molar-refractivity contribution in [2.45, 2.75) is 18.7 Å². The molecular formula is C21H22ClN3O2S2. The predicted molar refractivity (Wildman–Crippen MR) is 119 cm³/mol. The number of thiazole rings is 1. The lowest BCUT2D eigenvalue weighted by Crippen LogP contribution is -2.48. The van der Waals surface area contributed by atoms with Crippen molar-refractivity contribution in [1.29, 1.82) is 0 Å². The Morgan fingerprint density at radius 2 is 1.76 bits per heavy atom. The second-order valence-corrected chi connectivity index (χ2v) is 10.3. The molecule has 5 nitrogen and oxygen atoms in total. The van der Waals surface area contributed by atoms with Crippen LogP contribution in [0.25, 0.3) is 11.3 Å². The Balaban J connectivity index is 1.48. The summed E-state index contributed by atoms with van der Waals surface area (Å²) in [6.07, 6.45) is 0. The Bertz CT molecular complexity index is 1140. The number of halogens is 1. The van der Waals surface area contributed by atoms with Gasteiger partial charge in [0.05, 0.1) is 10.6 Å². The van der Waals surface area contributed by atoms with Gasteiger partial charge in [-0.05, 0) is 43.2 Å². The standard InChI is InChI=1S/C21H22ClN3O2S2/c1-15-5-3-8-19(16(15)2)20-14-28-21(23-20)24-9-11-25(12-10-24)29(26,27)18-7-4-6-17(22)13-18/h3-8,13-14H,9-12H2,1-2H3. The van der Waals surface area contributed by atoms with E-state index in [4.69, 9.17) is 16.6 Å². The van der Waals surface area contributed by atoms with Gasteiger partial charge in [0.2, 0.25) is 10.0 Å². The van der Waals surface area contributed by atoms with Gasteiger partial charge in [-0.15, -0.1) is 11.3 Å². The molecule has 152 valence electrons. The van der Waals surface area contributed by atoms with Gasteiger partial charge in [0.25, 0.3) is 0 Å². The average Bonchev–Trinajstić information content (AvgIpc) is 3.20. The van der Waals surface area contributed by atoms with Gasteiger partial charge in [0.15, 0.2) is 5.13 Å². The first kappa shape index (κ1) is 20.3. The van der Waals surface area contributed by atoms with Crippen LogP contribution in [0.2, 0.25) is 5.02 Å². The molecule has 1 fully saturated rings. The molecule has 0 radical (unpaired) electrons. The van der Waals surface area contributed by atoms with Crippen LogP contribution < -0.4 is 4.90 Å². The van der Waals surface area contributed by atoms with Gasteiger partial charge >= 0.3 is 0 Å². The SMILES string of the molecule is Cc1cccc(-c2csc(N3CCN(S(=O)(=O)c4cccc(Cl)c4)CC3)n2)c1C. The average molecular weight is 448 g/mol. The monoisotopic (exact) mass is 447 g/mol. The van der Waals surface area contributed by atoms with E-state index in [2.05, 4.69) is 42.3 Å². The van der Waals surface area contributed by atoms with E-state index in [0.717, 1.165) is 16.4 Å². The van der Waals surface area contributed by atoms with Crippen LogP contribution in [0.4, 0.5) is 5.13 Å². The molecule has 0 unspecified atom stereocenters. The molecule has 4 rings (SSSR count). The number of benzene rings is 2. The van der Waals surface area contributed by atoms with Gasteiger partial charge in [-0.1, -0.05) is 35.9 Å². The molecule has 29 heavy (non-hydrogen) atoms.